The largest absolute Gasteiger partial charge is 0.377 e. The highest BCUT2D eigenvalue weighted by atomic mass is 16.6. The van der Waals surface area contributed by atoms with Crippen LogP contribution in [0.1, 0.15) is 24.2 Å². The van der Waals surface area contributed by atoms with Crippen molar-refractivity contribution in [2.75, 3.05) is 45.2 Å². The van der Waals surface area contributed by atoms with Crippen molar-refractivity contribution in [3.05, 3.63) is 33.9 Å². The maximum atomic E-state index is 12.9. The summed E-state index contributed by atoms with van der Waals surface area (Å²) < 4.78 is 0. The Morgan fingerprint density at radius 2 is 1.68 bits per heavy atom. The zero-order valence-electron chi connectivity index (χ0n) is 15.1. The number of amides is 2. The highest BCUT2D eigenvalue weighted by molar-refractivity contribution is 6.00. The molecule has 0 saturated carbocycles. The van der Waals surface area contributed by atoms with Gasteiger partial charge in [0.05, 0.1) is 10.5 Å². The monoisotopic (exact) mass is 348 g/mol. The van der Waals surface area contributed by atoms with E-state index in [1.165, 1.54) is 12.1 Å². The summed E-state index contributed by atoms with van der Waals surface area (Å²) >= 11 is 0. The van der Waals surface area contributed by atoms with Crippen LogP contribution in [-0.4, -0.2) is 66.8 Å². The van der Waals surface area contributed by atoms with Gasteiger partial charge in [0.1, 0.15) is 0 Å². The van der Waals surface area contributed by atoms with E-state index < -0.39 is 4.92 Å². The minimum Gasteiger partial charge on any atom is -0.377 e. The Bertz CT molecular complexity index is 679. The molecule has 8 heteroatoms. The van der Waals surface area contributed by atoms with E-state index in [0.29, 0.717) is 37.4 Å². The van der Waals surface area contributed by atoms with Crippen LogP contribution >= 0.6 is 0 Å². The number of carbonyl (C=O) groups excluding carboxylic acids is 2. The minimum atomic E-state index is -0.505. The molecule has 0 bridgehead atoms. The first-order chi connectivity index (χ1) is 11.7. The molecule has 1 fully saturated rings. The van der Waals surface area contributed by atoms with Gasteiger partial charge in [-0.3, -0.25) is 19.7 Å². The molecule has 0 atom stereocenters. The zero-order valence-corrected chi connectivity index (χ0v) is 15.1. The van der Waals surface area contributed by atoms with E-state index in [9.17, 15) is 19.7 Å². The third-order valence-corrected chi connectivity index (χ3v) is 4.28. The molecule has 1 aliphatic rings. The Hall–Kier alpha value is -2.64. The standard InChI is InChI=1S/C17H24N4O4/c1-12(2)16(22)19-7-9-20(10-8-19)17(23)14-11-13(21(24)25)5-6-15(14)18(3)4/h5-6,11-12H,7-10H2,1-4H3. The summed E-state index contributed by atoms with van der Waals surface area (Å²) in [6.45, 7) is 5.52. The predicted molar refractivity (Wildman–Crippen MR) is 94.7 cm³/mol. The van der Waals surface area contributed by atoms with Gasteiger partial charge in [0.2, 0.25) is 5.91 Å². The first kappa shape index (κ1) is 18.7. The Balaban J connectivity index is 2.19. The number of hydrogen-bond donors (Lipinski definition) is 0. The lowest BCUT2D eigenvalue weighted by atomic mass is 10.1. The normalized spacial score (nSPS) is 14.6. The summed E-state index contributed by atoms with van der Waals surface area (Å²) in [6, 6.07) is 4.30. The smallest absolute Gasteiger partial charge is 0.270 e. The van der Waals surface area contributed by atoms with Crippen LogP contribution in [0.5, 0.6) is 0 Å². The first-order valence-corrected chi connectivity index (χ1v) is 8.26. The summed E-state index contributed by atoms with van der Waals surface area (Å²) in [5, 5.41) is 11.0. The van der Waals surface area contributed by atoms with Crippen molar-refractivity contribution in [2.45, 2.75) is 13.8 Å². The number of anilines is 1. The Morgan fingerprint density at radius 1 is 1.12 bits per heavy atom. The van der Waals surface area contributed by atoms with Crippen molar-refractivity contribution >= 4 is 23.2 Å². The highest BCUT2D eigenvalue weighted by Crippen LogP contribution is 2.26. The average Bonchev–Trinajstić information content (AvgIpc) is 2.59. The van der Waals surface area contributed by atoms with Gasteiger partial charge >= 0.3 is 0 Å². The lowest BCUT2D eigenvalue weighted by molar-refractivity contribution is -0.384. The maximum Gasteiger partial charge on any atom is 0.270 e. The minimum absolute atomic E-state index is 0.0700. The van der Waals surface area contributed by atoms with Crippen molar-refractivity contribution in [1.29, 1.82) is 0 Å². The number of piperazine rings is 1. The van der Waals surface area contributed by atoms with E-state index in [2.05, 4.69) is 0 Å². The lowest BCUT2D eigenvalue weighted by Gasteiger charge is -2.36. The van der Waals surface area contributed by atoms with E-state index in [4.69, 9.17) is 0 Å². The van der Waals surface area contributed by atoms with E-state index >= 15 is 0 Å². The number of nitrogens with zero attached hydrogens (tertiary/aromatic N) is 4. The number of rotatable bonds is 4. The molecule has 0 N–H and O–H groups in total. The van der Waals surface area contributed by atoms with Crippen molar-refractivity contribution in [3.63, 3.8) is 0 Å². The van der Waals surface area contributed by atoms with E-state index in [1.807, 2.05) is 13.8 Å². The highest BCUT2D eigenvalue weighted by Gasteiger charge is 2.28. The van der Waals surface area contributed by atoms with Gasteiger partial charge in [-0.25, -0.2) is 0 Å². The average molecular weight is 348 g/mol. The number of nitro benzene ring substituents is 1. The first-order valence-electron chi connectivity index (χ1n) is 8.26. The van der Waals surface area contributed by atoms with E-state index in [-0.39, 0.29) is 23.4 Å². The van der Waals surface area contributed by atoms with Gasteiger partial charge in [-0.05, 0) is 6.07 Å². The van der Waals surface area contributed by atoms with Crippen molar-refractivity contribution in [2.24, 2.45) is 5.92 Å². The van der Waals surface area contributed by atoms with Crippen molar-refractivity contribution in [1.82, 2.24) is 9.80 Å². The third-order valence-electron chi connectivity index (χ3n) is 4.28. The van der Waals surface area contributed by atoms with E-state index in [0.717, 1.165) is 0 Å². The molecule has 136 valence electrons. The molecular formula is C17H24N4O4. The molecule has 1 heterocycles. The van der Waals surface area contributed by atoms with Crippen LogP contribution in [0.2, 0.25) is 0 Å². The second-order valence-electron chi connectivity index (χ2n) is 6.63. The van der Waals surface area contributed by atoms with Gasteiger partial charge in [0.25, 0.3) is 11.6 Å². The Labute approximate surface area is 147 Å². The lowest BCUT2D eigenvalue weighted by Crippen LogP contribution is -2.51. The molecule has 0 aliphatic carbocycles. The van der Waals surface area contributed by atoms with Gasteiger partial charge in [-0.2, -0.15) is 0 Å². The van der Waals surface area contributed by atoms with Crippen LogP contribution in [0, 0.1) is 16.0 Å². The number of non-ortho nitro benzene ring substituents is 1. The third kappa shape index (κ3) is 4.07. The maximum absolute atomic E-state index is 12.9. The quantitative estimate of drug-likeness (QED) is 0.609. The summed E-state index contributed by atoms with van der Waals surface area (Å²) in [7, 11) is 3.58. The molecule has 0 radical (unpaired) electrons. The molecular weight excluding hydrogens is 324 g/mol. The predicted octanol–water partition coefficient (Wildman–Crippen LogP) is 1.60. The SMILES string of the molecule is CC(C)C(=O)N1CCN(C(=O)c2cc([N+](=O)[O-])ccc2N(C)C)CC1. The van der Waals surface area contributed by atoms with Crippen LogP contribution in [0.4, 0.5) is 11.4 Å². The van der Waals surface area contributed by atoms with Gasteiger partial charge in [0, 0.05) is 64.0 Å². The van der Waals surface area contributed by atoms with Gasteiger partial charge in [-0.15, -0.1) is 0 Å². The van der Waals surface area contributed by atoms with Crippen LogP contribution in [-0.2, 0) is 4.79 Å². The Morgan fingerprint density at radius 3 is 2.16 bits per heavy atom. The molecule has 1 aliphatic heterocycles. The summed E-state index contributed by atoms with van der Waals surface area (Å²) in [6.07, 6.45) is 0. The van der Waals surface area contributed by atoms with Gasteiger partial charge in [0.15, 0.2) is 0 Å². The van der Waals surface area contributed by atoms with Crippen molar-refractivity contribution in [3.8, 4) is 0 Å². The fourth-order valence-electron chi connectivity index (χ4n) is 2.86. The molecule has 1 aromatic rings. The fraction of sp³-hybridized carbons (Fsp3) is 0.529. The summed E-state index contributed by atoms with van der Waals surface area (Å²) in [5.41, 5.74) is 0.835. The topological polar surface area (TPSA) is 87.0 Å². The molecule has 1 aromatic carbocycles. The molecule has 25 heavy (non-hydrogen) atoms. The fourth-order valence-corrected chi connectivity index (χ4v) is 2.86. The zero-order chi connectivity index (χ0) is 18.7. The second-order valence-corrected chi connectivity index (χ2v) is 6.63. The second kappa shape index (κ2) is 7.50. The Kier molecular flexibility index (Phi) is 5.61. The molecule has 2 rings (SSSR count). The number of benzene rings is 1. The van der Waals surface area contributed by atoms with E-state index in [1.54, 1.807) is 34.9 Å². The van der Waals surface area contributed by atoms with Gasteiger partial charge < -0.3 is 14.7 Å². The molecule has 0 aromatic heterocycles. The van der Waals surface area contributed by atoms with Crippen molar-refractivity contribution < 1.29 is 14.5 Å². The molecule has 8 nitrogen and oxygen atoms in total. The molecule has 0 spiro atoms. The van der Waals surface area contributed by atoms with Crippen LogP contribution < -0.4 is 4.90 Å². The van der Waals surface area contributed by atoms with Gasteiger partial charge in [-0.1, -0.05) is 13.8 Å². The number of nitro groups is 1. The summed E-state index contributed by atoms with van der Waals surface area (Å²) in [5.74, 6) is -0.236. The molecule has 1 saturated heterocycles. The summed E-state index contributed by atoms with van der Waals surface area (Å²) in [4.78, 5) is 40.6. The molecule has 2 amide bonds. The number of carbonyl (C=O) groups is 2. The van der Waals surface area contributed by atoms with Crippen LogP contribution in [0.15, 0.2) is 18.2 Å². The van der Waals surface area contributed by atoms with Crippen LogP contribution in [0.25, 0.3) is 0 Å². The van der Waals surface area contributed by atoms with Crippen LogP contribution in [0.3, 0.4) is 0 Å². The number of hydrogen-bond acceptors (Lipinski definition) is 5. The molecule has 0 unspecified atom stereocenters.